The summed E-state index contributed by atoms with van der Waals surface area (Å²) in [5.41, 5.74) is 1.14. The van der Waals surface area contributed by atoms with Gasteiger partial charge in [0, 0.05) is 37.4 Å². The Balaban J connectivity index is 1.80. The van der Waals surface area contributed by atoms with Gasteiger partial charge >= 0.3 is 0 Å². The second-order valence-electron chi connectivity index (χ2n) is 8.56. The predicted molar refractivity (Wildman–Crippen MR) is 131 cm³/mol. The van der Waals surface area contributed by atoms with E-state index in [-0.39, 0.29) is 0 Å². The second-order valence-corrected chi connectivity index (χ2v) is 8.97. The molecule has 1 aliphatic rings. The van der Waals surface area contributed by atoms with E-state index in [9.17, 15) is 9.90 Å². The number of ether oxygens (including phenoxy) is 2. The summed E-state index contributed by atoms with van der Waals surface area (Å²) in [5, 5.41) is 15.0. The Morgan fingerprint density at radius 2 is 1.97 bits per heavy atom. The Bertz CT molecular complexity index is 1100. The molecule has 2 atom stereocenters. The number of carbonyl (C=O) groups excluding carboxylic acids is 1. The van der Waals surface area contributed by atoms with Crippen LogP contribution in [0.5, 0.6) is 0 Å². The van der Waals surface area contributed by atoms with Crippen LogP contribution in [0.1, 0.15) is 24.8 Å². The maximum absolute atomic E-state index is 12.2. The highest BCUT2D eigenvalue weighted by Gasteiger charge is 2.43. The number of nitrogens with zero attached hydrogens (tertiary/aromatic N) is 1. The van der Waals surface area contributed by atoms with E-state index in [4.69, 9.17) is 21.1 Å². The van der Waals surface area contributed by atoms with Crippen LogP contribution in [0.4, 0.5) is 0 Å². The van der Waals surface area contributed by atoms with E-state index in [0.717, 1.165) is 46.7 Å². The predicted octanol–water partition coefficient (Wildman–Crippen LogP) is 5.02. The Morgan fingerprint density at radius 3 is 2.76 bits per heavy atom. The largest absolute Gasteiger partial charge is 0.385 e. The normalized spacial score (nSPS) is 18.3. The van der Waals surface area contributed by atoms with Crippen LogP contribution in [0, 0.1) is 0 Å². The van der Waals surface area contributed by atoms with Crippen molar-refractivity contribution in [1.82, 2.24) is 4.90 Å². The topological polar surface area (TPSA) is 59.0 Å². The van der Waals surface area contributed by atoms with E-state index in [1.807, 2.05) is 36.4 Å². The van der Waals surface area contributed by atoms with Crippen LogP contribution >= 0.6 is 11.6 Å². The molecule has 1 aliphatic heterocycles. The lowest BCUT2D eigenvalue weighted by Gasteiger charge is -2.42. The summed E-state index contributed by atoms with van der Waals surface area (Å²) < 4.78 is 11.3. The molecule has 3 aromatic carbocycles. The van der Waals surface area contributed by atoms with Gasteiger partial charge in [0.1, 0.15) is 11.7 Å². The van der Waals surface area contributed by atoms with Crippen molar-refractivity contribution >= 4 is 28.8 Å². The monoisotopic (exact) mass is 467 g/mol. The van der Waals surface area contributed by atoms with Gasteiger partial charge in [-0.2, -0.15) is 0 Å². The van der Waals surface area contributed by atoms with Gasteiger partial charge < -0.3 is 19.5 Å². The Kier molecular flexibility index (Phi) is 7.66. The number of benzene rings is 3. The summed E-state index contributed by atoms with van der Waals surface area (Å²) in [4.78, 5) is 13.1. The van der Waals surface area contributed by atoms with Gasteiger partial charge in [-0.3, -0.25) is 4.79 Å². The number of carbonyl (C=O) groups is 1. The lowest BCUT2D eigenvalue weighted by molar-refractivity contribution is -0.158. The van der Waals surface area contributed by atoms with E-state index in [1.165, 1.54) is 0 Å². The molecule has 0 saturated carbocycles. The van der Waals surface area contributed by atoms with E-state index in [2.05, 4.69) is 24.3 Å². The van der Waals surface area contributed by atoms with Gasteiger partial charge in [-0.1, -0.05) is 60.1 Å². The fourth-order valence-corrected chi connectivity index (χ4v) is 4.97. The minimum atomic E-state index is -1.32. The molecule has 0 aromatic heterocycles. The number of aliphatic hydroxyl groups is 1. The molecule has 1 fully saturated rings. The smallest absolute Gasteiger partial charge is 0.209 e. The number of halogens is 1. The quantitative estimate of drug-likeness (QED) is 0.354. The lowest BCUT2D eigenvalue weighted by Crippen LogP contribution is -2.52. The summed E-state index contributed by atoms with van der Waals surface area (Å²) in [6, 6.07) is 20.0. The summed E-state index contributed by atoms with van der Waals surface area (Å²) in [7, 11) is 1.67. The van der Waals surface area contributed by atoms with Crippen LogP contribution in [0.2, 0.25) is 5.02 Å². The zero-order chi connectivity index (χ0) is 23.3. The molecule has 4 rings (SSSR count). The average Bonchev–Trinajstić information content (AvgIpc) is 2.86. The van der Waals surface area contributed by atoms with Gasteiger partial charge in [-0.25, -0.2) is 0 Å². The maximum Gasteiger partial charge on any atom is 0.209 e. The molecule has 1 amide bonds. The average molecular weight is 468 g/mol. The standard InChI is InChI=1S/C27H30ClNO4/c1-32-15-5-4-13-27(31,25-18-29(19-30)14-16-33-25)23-9-6-10-24(28)26(23)22-12-11-20-7-2-3-8-21(20)17-22/h2-3,6-12,17,19,25,31H,4-5,13-16,18H2,1H3/t25-,27+/m1/s1. The highest BCUT2D eigenvalue weighted by atomic mass is 35.5. The van der Waals surface area contributed by atoms with Gasteiger partial charge in [0.2, 0.25) is 6.41 Å². The number of unbranched alkanes of at least 4 members (excludes halogenated alkanes) is 1. The number of rotatable bonds is 9. The van der Waals surface area contributed by atoms with Crippen molar-refractivity contribution in [2.45, 2.75) is 31.0 Å². The van der Waals surface area contributed by atoms with Crippen molar-refractivity contribution < 1.29 is 19.4 Å². The lowest BCUT2D eigenvalue weighted by atomic mass is 9.79. The van der Waals surface area contributed by atoms with Gasteiger partial charge in [0.15, 0.2) is 0 Å². The van der Waals surface area contributed by atoms with Gasteiger partial charge in [0.05, 0.1) is 6.61 Å². The maximum atomic E-state index is 12.2. The van der Waals surface area contributed by atoms with Crippen molar-refractivity contribution in [3.05, 3.63) is 71.2 Å². The number of amides is 1. The molecule has 0 unspecified atom stereocenters. The minimum absolute atomic E-state index is 0.327. The van der Waals surface area contributed by atoms with Gasteiger partial charge in [-0.15, -0.1) is 0 Å². The van der Waals surface area contributed by atoms with Crippen molar-refractivity contribution in [1.29, 1.82) is 0 Å². The van der Waals surface area contributed by atoms with E-state index in [0.29, 0.717) is 37.7 Å². The molecule has 1 saturated heterocycles. The van der Waals surface area contributed by atoms with Gasteiger partial charge in [-0.05, 0) is 53.3 Å². The Morgan fingerprint density at radius 1 is 1.15 bits per heavy atom. The Hall–Kier alpha value is -2.44. The fourth-order valence-electron chi connectivity index (χ4n) is 4.69. The molecule has 0 radical (unpaired) electrons. The van der Waals surface area contributed by atoms with Crippen LogP contribution in [-0.2, 0) is 19.9 Å². The van der Waals surface area contributed by atoms with Crippen molar-refractivity contribution in [2.24, 2.45) is 0 Å². The SMILES string of the molecule is COCCCC[C@](O)(c1cccc(Cl)c1-c1ccc2ccccc2c1)[C@H]1CN(C=O)CCO1. The molecule has 1 heterocycles. The Labute approximate surface area is 199 Å². The summed E-state index contributed by atoms with van der Waals surface area (Å²) in [6.45, 7) is 1.85. The van der Waals surface area contributed by atoms with Crippen molar-refractivity contribution in [3.8, 4) is 11.1 Å². The highest BCUT2D eigenvalue weighted by molar-refractivity contribution is 6.33. The molecule has 0 aliphatic carbocycles. The summed E-state index contributed by atoms with van der Waals surface area (Å²) >= 11 is 6.76. The van der Waals surface area contributed by atoms with Crippen LogP contribution < -0.4 is 0 Å². The summed E-state index contributed by atoms with van der Waals surface area (Å²) in [5.74, 6) is 0. The number of hydrogen-bond acceptors (Lipinski definition) is 4. The molecule has 174 valence electrons. The zero-order valence-electron chi connectivity index (χ0n) is 18.9. The molecule has 0 bridgehead atoms. The van der Waals surface area contributed by atoms with Crippen molar-refractivity contribution in [3.63, 3.8) is 0 Å². The first-order chi connectivity index (χ1) is 16.1. The third kappa shape index (κ3) is 5.07. The number of methoxy groups -OCH3 is 1. The van der Waals surface area contributed by atoms with Crippen LogP contribution in [0.3, 0.4) is 0 Å². The third-order valence-corrected chi connectivity index (χ3v) is 6.77. The van der Waals surface area contributed by atoms with Gasteiger partial charge in [0.25, 0.3) is 0 Å². The van der Waals surface area contributed by atoms with E-state index < -0.39 is 11.7 Å². The first kappa shape index (κ1) is 23.7. The first-order valence-electron chi connectivity index (χ1n) is 11.4. The molecular weight excluding hydrogens is 438 g/mol. The molecule has 3 aromatic rings. The van der Waals surface area contributed by atoms with E-state index >= 15 is 0 Å². The van der Waals surface area contributed by atoms with Crippen LogP contribution in [0.25, 0.3) is 21.9 Å². The molecule has 33 heavy (non-hydrogen) atoms. The molecule has 6 heteroatoms. The first-order valence-corrected chi connectivity index (χ1v) is 11.7. The molecular formula is C27H30ClNO4. The van der Waals surface area contributed by atoms with Crippen LogP contribution in [0.15, 0.2) is 60.7 Å². The molecule has 0 spiro atoms. The highest BCUT2D eigenvalue weighted by Crippen LogP contribution is 2.43. The van der Waals surface area contributed by atoms with Crippen molar-refractivity contribution in [2.75, 3.05) is 33.4 Å². The van der Waals surface area contributed by atoms with E-state index in [1.54, 1.807) is 12.0 Å². The second kappa shape index (κ2) is 10.7. The molecule has 1 N–H and O–H groups in total. The number of hydrogen-bond donors (Lipinski definition) is 1. The minimum Gasteiger partial charge on any atom is -0.385 e. The fraction of sp³-hybridized carbons (Fsp3) is 0.370. The third-order valence-electron chi connectivity index (χ3n) is 6.45. The number of morpholine rings is 1. The molecule has 5 nitrogen and oxygen atoms in total. The zero-order valence-corrected chi connectivity index (χ0v) is 19.6. The summed E-state index contributed by atoms with van der Waals surface area (Å²) in [6.07, 6.45) is 2.29. The number of fused-ring (bicyclic) bond motifs is 1. The van der Waals surface area contributed by atoms with Crippen LogP contribution in [-0.4, -0.2) is 55.9 Å².